The molecule has 0 atom stereocenters. The number of benzene rings is 1. The highest BCUT2D eigenvalue weighted by molar-refractivity contribution is 5.81. The highest BCUT2D eigenvalue weighted by atomic mass is 16.5. The molecule has 0 fully saturated rings. The molecule has 0 aliphatic rings. The van der Waals surface area contributed by atoms with E-state index in [2.05, 4.69) is 25.3 Å². The summed E-state index contributed by atoms with van der Waals surface area (Å²) in [5.74, 6) is 6.17. The van der Waals surface area contributed by atoms with Crippen molar-refractivity contribution in [3.8, 4) is 5.75 Å². The van der Waals surface area contributed by atoms with Gasteiger partial charge in [-0.05, 0) is 49.9 Å². The molecule has 4 nitrogen and oxygen atoms in total. The first-order valence-corrected chi connectivity index (χ1v) is 6.51. The zero-order valence-electron chi connectivity index (χ0n) is 12.4. The lowest BCUT2D eigenvalue weighted by molar-refractivity contribution is -0.130. The number of ether oxygens (including phenoxy) is 1. The van der Waals surface area contributed by atoms with Crippen LogP contribution in [0.4, 0.5) is 0 Å². The molecule has 0 unspecified atom stereocenters. The van der Waals surface area contributed by atoms with E-state index >= 15 is 0 Å². The molecule has 0 heterocycles. The molecule has 0 radical (unpaired) electrons. The fourth-order valence-electron chi connectivity index (χ4n) is 1.72. The number of carbonyl (C=O) groups excluding carboxylic acids is 1. The monoisotopic (exact) mass is 264 g/mol. The van der Waals surface area contributed by atoms with E-state index in [1.54, 1.807) is 13.8 Å². The summed E-state index contributed by atoms with van der Waals surface area (Å²) in [4.78, 5) is 11.6. The van der Waals surface area contributed by atoms with Crippen molar-refractivity contribution < 1.29 is 9.53 Å². The van der Waals surface area contributed by atoms with E-state index in [1.807, 2.05) is 19.1 Å². The zero-order valence-corrected chi connectivity index (χ0v) is 12.4. The molecule has 3 N–H and O–H groups in total. The number of hydrogen-bond acceptors (Lipinski definition) is 3. The maximum Gasteiger partial charge on any atom is 0.242 e. The van der Waals surface area contributed by atoms with Gasteiger partial charge in [0.15, 0.2) is 0 Å². The summed E-state index contributed by atoms with van der Waals surface area (Å²) in [5.41, 5.74) is 3.89. The predicted octanol–water partition coefficient (Wildman–Crippen LogP) is 2.51. The van der Waals surface area contributed by atoms with Crippen LogP contribution in [0.5, 0.6) is 5.75 Å². The van der Waals surface area contributed by atoms with E-state index in [9.17, 15) is 4.79 Å². The van der Waals surface area contributed by atoms with Crippen LogP contribution in [0.3, 0.4) is 0 Å². The Morgan fingerprint density at radius 2 is 2.00 bits per heavy atom. The lowest BCUT2D eigenvalue weighted by atomic mass is 9.94. The Balaban J connectivity index is 2.81. The number of aryl methyl sites for hydroxylation is 1. The van der Waals surface area contributed by atoms with E-state index in [4.69, 9.17) is 10.6 Å². The van der Waals surface area contributed by atoms with Crippen molar-refractivity contribution in [3.05, 3.63) is 29.3 Å². The standard InChI is InChI=1S/C15H24N2O2/c1-10(2)12-6-11(3)7-13(8-12)19-9-15(4,5)14(18)17-16/h6-8,10H,9,16H2,1-5H3,(H,17,18). The van der Waals surface area contributed by atoms with E-state index < -0.39 is 5.41 Å². The lowest BCUT2D eigenvalue weighted by Crippen LogP contribution is -2.44. The number of rotatable bonds is 5. The van der Waals surface area contributed by atoms with E-state index in [1.165, 1.54) is 5.56 Å². The van der Waals surface area contributed by atoms with Crippen molar-refractivity contribution in [2.75, 3.05) is 6.61 Å². The first-order valence-electron chi connectivity index (χ1n) is 6.51. The molecule has 0 saturated heterocycles. The minimum atomic E-state index is -0.656. The fourth-order valence-corrected chi connectivity index (χ4v) is 1.72. The fraction of sp³-hybridized carbons (Fsp3) is 0.533. The van der Waals surface area contributed by atoms with Crippen LogP contribution >= 0.6 is 0 Å². The Kier molecular flexibility index (Phi) is 4.95. The van der Waals surface area contributed by atoms with Gasteiger partial charge in [0.1, 0.15) is 12.4 Å². The van der Waals surface area contributed by atoms with E-state index in [-0.39, 0.29) is 12.5 Å². The molecule has 0 spiro atoms. The maximum atomic E-state index is 11.6. The molecule has 1 aromatic carbocycles. The molecule has 0 aliphatic carbocycles. The van der Waals surface area contributed by atoms with Crippen LogP contribution < -0.4 is 16.0 Å². The summed E-state index contributed by atoms with van der Waals surface area (Å²) in [6.45, 7) is 10.2. The van der Waals surface area contributed by atoms with E-state index in [0.717, 1.165) is 11.3 Å². The molecule has 0 saturated carbocycles. The second-order valence-electron chi connectivity index (χ2n) is 5.88. The second-order valence-corrected chi connectivity index (χ2v) is 5.88. The van der Waals surface area contributed by atoms with Gasteiger partial charge in [0, 0.05) is 0 Å². The summed E-state index contributed by atoms with van der Waals surface area (Å²) < 4.78 is 5.75. The van der Waals surface area contributed by atoms with Gasteiger partial charge in [-0.15, -0.1) is 0 Å². The van der Waals surface area contributed by atoms with Gasteiger partial charge < -0.3 is 4.74 Å². The summed E-state index contributed by atoms with van der Waals surface area (Å²) >= 11 is 0. The minimum Gasteiger partial charge on any atom is -0.492 e. The number of hydrogen-bond donors (Lipinski definition) is 2. The number of nitrogens with two attached hydrogens (primary N) is 1. The van der Waals surface area contributed by atoms with Gasteiger partial charge in [0.2, 0.25) is 5.91 Å². The molecule has 1 amide bonds. The van der Waals surface area contributed by atoms with Gasteiger partial charge in [0.25, 0.3) is 0 Å². The van der Waals surface area contributed by atoms with Gasteiger partial charge in [-0.1, -0.05) is 19.9 Å². The SMILES string of the molecule is Cc1cc(OCC(C)(C)C(=O)NN)cc(C(C)C)c1. The Bertz CT molecular complexity index is 453. The smallest absolute Gasteiger partial charge is 0.242 e. The molecule has 0 aromatic heterocycles. The van der Waals surface area contributed by atoms with Crippen LogP contribution in [-0.4, -0.2) is 12.5 Å². The third kappa shape index (κ3) is 4.24. The van der Waals surface area contributed by atoms with Gasteiger partial charge in [-0.3, -0.25) is 10.2 Å². The summed E-state index contributed by atoms with van der Waals surface area (Å²) in [7, 11) is 0. The molecule has 1 aromatic rings. The molecule has 1 rings (SSSR count). The Hall–Kier alpha value is -1.55. The van der Waals surface area contributed by atoms with E-state index in [0.29, 0.717) is 5.92 Å². The number of carbonyl (C=O) groups is 1. The largest absolute Gasteiger partial charge is 0.492 e. The van der Waals surface area contributed by atoms with Crippen molar-refractivity contribution in [1.29, 1.82) is 0 Å². The average Bonchev–Trinajstić information content (AvgIpc) is 2.34. The van der Waals surface area contributed by atoms with Crippen molar-refractivity contribution >= 4 is 5.91 Å². The number of hydrazine groups is 1. The molecular formula is C15H24N2O2. The van der Waals surface area contributed by atoms with Gasteiger partial charge in [0.05, 0.1) is 5.41 Å². The van der Waals surface area contributed by atoms with Crippen molar-refractivity contribution in [2.45, 2.75) is 40.5 Å². The number of nitrogens with one attached hydrogen (secondary N) is 1. The van der Waals surface area contributed by atoms with Crippen molar-refractivity contribution in [3.63, 3.8) is 0 Å². The van der Waals surface area contributed by atoms with Crippen LogP contribution in [-0.2, 0) is 4.79 Å². The first kappa shape index (κ1) is 15.5. The highest BCUT2D eigenvalue weighted by Gasteiger charge is 2.28. The van der Waals surface area contributed by atoms with Crippen molar-refractivity contribution in [2.24, 2.45) is 11.3 Å². The summed E-state index contributed by atoms with van der Waals surface area (Å²) in [6.07, 6.45) is 0. The lowest BCUT2D eigenvalue weighted by Gasteiger charge is -2.23. The summed E-state index contributed by atoms with van der Waals surface area (Å²) in [5, 5.41) is 0. The van der Waals surface area contributed by atoms with Crippen molar-refractivity contribution in [1.82, 2.24) is 5.43 Å². The Morgan fingerprint density at radius 3 is 2.53 bits per heavy atom. The highest BCUT2D eigenvalue weighted by Crippen LogP contribution is 2.24. The zero-order chi connectivity index (χ0) is 14.6. The quantitative estimate of drug-likeness (QED) is 0.488. The molecule has 19 heavy (non-hydrogen) atoms. The maximum absolute atomic E-state index is 11.6. The predicted molar refractivity (Wildman–Crippen MR) is 76.9 cm³/mol. The molecular weight excluding hydrogens is 240 g/mol. The van der Waals surface area contributed by atoms with Crippen LogP contribution in [0, 0.1) is 12.3 Å². The molecule has 106 valence electrons. The topological polar surface area (TPSA) is 64.3 Å². The normalized spacial score (nSPS) is 11.5. The van der Waals surface area contributed by atoms with Gasteiger partial charge >= 0.3 is 0 Å². The Morgan fingerprint density at radius 1 is 1.37 bits per heavy atom. The third-order valence-electron chi connectivity index (χ3n) is 3.09. The molecule has 4 heteroatoms. The van der Waals surface area contributed by atoms with Crippen LogP contribution in [0.2, 0.25) is 0 Å². The second kappa shape index (κ2) is 6.06. The molecule has 0 aliphatic heterocycles. The Labute approximate surface area is 115 Å². The number of amides is 1. The summed E-state index contributed by atoms with van der Waals surface area (Å²) in [6, 6.07) is 6.14. The van der Waals surface area contributed by atoms with Crippen LogP contribution in [0.15, 0.2) is 18.2 Å². The molecule has 0 bridgehead atoms. The third-order valence-corrected chi connectivity index (χ3v) is 3.09. The van der Waals surface area contributed by atoms with Gasteiger partial charge in [-0.2, -0.15) is 0 Å². The first-order chi connectivity index (χ1) is 8.76. The van der Waals surface area contributed by atoms with Gasteiger partial charge in [-0.25, -0.2) is 5.84 Å². The minimum absolute atomic E-state index is 0.232. The van der Waals surface area contributed by atoms with Crippen LogP contribution in [0.1, 0.15) is 44.7 Å². The average molecular weight is 264 g/mol. The van der Waals surface area contributed by atoms with Crippen LogP contribution in [0.25, 0.3) is 0 Å².